The number of hydrogen-bond donors (Lipinski definition) is 3. The van der Waals surface area contributed by atoms with Gasteiger partial charge in [-0.1, -0.05) is 41.0 Å². The van der Waals surface area contributed by atoms with Crippen LogP contribution in [-0.4, -0.2) is 104 Å². The zero-order chi connectivity index (χ0) is 31.1. The van der Waals surface area contributed by atoms with Crippen LogP contribution in [0.3, 0.4) is 0 Å². The van der Waals surface area contributed by atoms with E-state index in [2.05, 4.69) is 10.6 Å². The number of likely N-dealkylation sites (tertiary alicyclic amines) is 1. The van der Waals surface area contributed by atoms with Crippen LogP contribution in [0, 0.1) is 17.8 Å². The fourth-order valence-electron chi connectivity index (χ4n) is 6.44. The van der Waals surface area contributed by atoms with Crippen molar-refractivity contribution in [1.29, 1.82) is 0 Å². The zero-order valence-electron chi connectivity index (χ0n) is 26.7. The van der Waals surface area contributed by atoms with Crippen LogP contribution in [0.2, 0.25) is 0 Å². The number of ether oxygens (including phenoxy) is 2. The van der Waals surface area contributed by atoms with Gasteiger partial charge in [0.15, 0.2) is 0 Å². The van der Waals surface area contributed by atoms with Gasteiger partial charge < -0.3 is 35.6 Å². The average molecular weight is 582 g/mol. The minimum absolute atomic E-state index is 0.0233. The summed E-state index contributed by atoms with van der Waals surface area (Å²) in [4.78, 5) is 56.2. The van der Waals surface area contributed by atoms with Crippen LogP contribution in [-0.2, 0) is 28.7 Å². The van der Waals surface area contributed by atoms with Crippen LogP contribution < -0.4 is 16.4 Å². The molecule has 8 atom stereocenters. The summed E-state index contributed by atoms with van der Waals surface area (Å²) in [6, 6.07) is -1.38. The van der Waals surface area contributed by atoms with E-state index < -0.39 is 41.7 Å². The summed E-state index contributed by atoms with van der Waals surface area (Å²) in [7, 11) is 4.84. The lowest BCUT2D eigenvalue weighted by molar-refractivity contribution is -0.147. The Bertz CT molecular complexity index is 908. The molecule has 0 aromatic rings. The number of nitrogens with one attached hydrogen (secondary N) is 2. The van der Waals surface area contributed by atoms with Crippen molar-refractivity contribution in [3.8, 4) is 0 Å². The summed E-state index contributed by atoms with van der Waals surface area (Å²) < 4.78 is 11.6. The van der Waals surface area contributed by atoms with E-state index in [9.17, 15) is 19.2 Å². The summed E-state index contributed by atoms with van der Waals surface area (Å²) in [6.07, 6.45) is 2.92. The molecule has 2 fully saturated rings. The molecule has 0 aromatic carbocycles. The molecule has 2 rings (SSSR count). The van der Waals surface area contributed by atoms with Gasteiger partial charge in [0.2, 0.25) is 23.6 Å². The Hall–Kier alpha value is -2.24. The Morgan fingerprint density at radius 2 is 1.78 bits per heavy atom. The number of primary amides is 1. The number of carbonyl (C=O) groups excluding carboxylic acids is 4. The topological polar surface area (TPSA) is 143 Å². The number of nitrogens with zero attached hydrogens (tertiary/aromatic N) is 2. The van der Waals surface area contributed by atoms with Crippen LogP contribution in [0.4, 0.5) is 0 Å². The number of likely N-dealkylation sites (N-methyl/N-ethyl adjacent to an activating group) is 1. The molecule has 0 saturated carbocycles. The molecule has 236 valence electrons. The maximum Gasteiger partial charge on any atom is 0.245 e. The molecule has 4 N–H and O–H groups in total. The smallest absolute Gasteiger partial charge is 0.245 e. The lowest BCUT2D eigenvalue weighted by Crippen LogP contribution is -2.61. The van der Waals surface area contributed by atoms with Gasteiger partial charge >= 0.3 is 0 Å². The molecule has 2 heterocycles. The molecule has 11 heteroatoms. The van der Waals surface area contributed by atoms with Crippen molar-refractivity contribution in [2.24, 2.45) is 23.5 Å². The lowest BCUT2D eigenvalue weighted by Gasteiger charge is -2.41. The largest absolute Gasteiger partial charge is 0.379 e. The summed E-state index contributed by atoms with van der Waals surface area (Å²) in [6.45, 7) is 12.9. The van der Waals surface area contributed by atoms with Gasteiger partial charge in [-0.3, -0.25) is 19.2 Å². The van der Waals surface area contributed by atoms with Crippen LogP contribution in [0.1, 0.15) is 80.1 Å². The summed E-state index contributed by atoms with van der Waals surface area (Å²) >= 11 is 0. The fraction of sp³-hybridized carbons (Fsp3) is 0.867. The molecule has 0 radical (unpaired) electrons. The van der Waals surface area contributed by atoms with Gasteiger partial charge in [0.1, 0.15) is 6.04 Å². The van der Waals surface area contributed by atoms with Crippen LogP contribution >= 0.6 is 0 Å². The van der Waals surface area contributed by atoms with Crippen molar-refractivity contribution in [3.05, 3.63) is 0 Å². The number of rotatable bonds is 15. The highest BCUT2D eigenvalue weighted by Crippen LogP contribution is 2.29. The van der Waals surface area contributed by atoms with Crippen molar-refractivity contribution < 1.29 is 28.7 Å². The normalized spacial score (nSPS) is 25.3. The SMILES string of the molecule is CC[C@H](C)[C@@H]([C@@H](CC(=O)N1CCC[C@H]1[C@H](OC)[C@@H](C)C(N)=O)OC)N(C)C(=O)[C@@H](NC(=O)[C@]1(C)CCCN1)C(C)C. The summed E-state index contributed by atoms with van der Waals surface area (Å²) in [5.41, 5.74) is 4.87. The van der Waals surface area contributed by atoms with Gasteiger partial charge in [0.25, 0.3) is 0 Å². The molecule has 41 heavy (non-hydrogen) atoms. The second-order valence-corrected chi connectivity index (χ2v) is 12.5. The van der Waals surface area contributed by atoms with Crippen molar-refractivity contribution in [2.75, 3.05) is 34.4 Å². The van der Waals surface area contributed by atoms with E-state index >= 15 is 0 Å². The first kappa shape index (κ1) is 35.0. The molecule has 4 amide bonds. The third-order valence-corrected chi connectivity index (χ3v) is 9.38. The van der Waals surface area contributed by atoms with E-state index in [4.69, 9.17) is 15.2 Å². The fourth-order valence-corrected chi connectivity index (χ4v) is 6.44. The molecule has 0 bridgehead atoms. The molecular formula is C30H55N5O6. The van der Waals surface area contributed by atoms with E-state index in [1.165, 1.54) is 7.11 Å². The molecule has 2 aliphatic rings. The number of hydrogen-bond acceptors (Lipinski definition) is 7. The van der Waals surface area contributed by atoms with Gasteiger partial charge in [0.05, 0.1) is 42.2 Å². The predicted octanol–water partition coefficient (Wildman–Crippen LogP) is 1.67. The van der Waals surface area contributed by atoms with Crippen molar-refractivity contribution in [2.45, 2.75) is 116 Å². The van der Waals surface area contributed by atoms with Crippen LogP contribution in [0.5, 0.6) is 0 Å². The van der Waals surface area contributed by atoms with E-state index in [1.807, 2.05) is 34.6 Å². The quantitative estimate of drug-likeness (QED) is 0.267. The second-order valence-electron chi connectivity index (χ2n) is 12.5. The predicted molar refractivity (Wildman–Crippen MR) is 158 cm³/mol. The van der Waals surface area contributed by atoms with Gasteiger partial charge in [-0.2, -0.15) is 0 Å². The third-order valence-electron chi connectivity index (χ3n) is 9.38. The van der Waals surface area contributed by atoms with Gasteiger partial charge in [-0.05, 0) is 51.0 Å². The maximum atomic E-state index is 14.0. The molecule has 0 spiro atoms. The molecule has 2 aliphatic heterocycles. The number of methoxy groups -OCH3 is 2. The first-order chi connectivity index (χ1) is 19.2. The highest BCUT2D eigenvalue weighted by molar-refractivity contribution is 5.92. The number of amides is 4. The number of nitrogens with two attached hydrogens (primary N) is 1. The Morgan fingerprint density at radius 3 is 2.27 bits per heavy atom. The monoisotopic (exact) mass is 581 g/mol. The molecule has 0 aromatic heterocycles. The zero-order valence-corrected chi connectivity index (χ0v) is 26.7. The van der Waals surface area contributed by atoms with Gasteiger partial charge in [-0.25, -0.2) is 0 Å². The number of carbonyl (C=O) groups is 4. The highest BCUT2D eigenvalue weighted by Gasteiger charge is 2.43. The summed E-state index contributed by atoms with van der Waals surface area (Å²) in [5.74, 6) is -1.61. The van der Waals surface area contributed by atoms with E-state index in [0.717, 1.165) is 38.6 Å². The highest BCUT2D eigenvalue weighted by atomic mass is 16.5. The first-order valence-electron chi connectivity index (χ1n) is 15.2. The van der Waals surface area contributed by atoms with Gasteiger partial charge in [0, 0.05) is 27.8 Å². The third kappa shape index (κ3) is 8.20. The van der Waals surface area contributed by atoms with Crippen molar-refractivity contribution in [1.82, 2.24) is 20.4 Å². The standard InChI is InChI=1S/C30H55N5O6/c1-10-19(4)25(34(7)28(38)24(18(2)3)33-29(39)30(6)14-12-15-32-30)22(40-8)17-23(36)35-16-11-13-21(35)26(41-9)20(5)27(31)37/h18-22,24-26,32H,10-17H2,1-9H3,(H2,31,37)(H,33,39)/t19-,20+,21-,22+,24-,25-,26+,30-/m0/s1. The minimum atomic E-state index is -0.716. The lowest BCUT2D eigenvalue weighted by atomic mass is 9.89. The Balaban J connectivity index is 2.26. The molecule has 0 aliphatic carbocycles. The second kappa shape index (κ2) is 15.3. The van der Waals surface area contributed by atoms with E-state index in [-0.39, 0.29) is 42.0 Å². The maximum absolute atomic E-state index is 14.0. The van der Waals surface area contributed by atoms with Crippen LogP contribution in [0.25, 0.3) is 0 Å². The Morgan fingerprint density at radius 1 is 1.12 bits per heavy atom. The van der Waals surface area contributed by atoms with E-state index in [0.29, 0.717) is 6.54 Å². The minimum Gasteiger partial charge on any atom is -0.379 e. The molecule has 2 saturated heterocycles. The Labute approximate surface area is 246 Å². The van der Waals surface area contributed by atoms with Crippen molar-refractivity contribution in [3.63, 3.8) is 0 Å². The average Bonchev–Trinajstić information content (AvgIpc) is 3.60. The van der Waals surface area contributed by atoms with Crippen molar-refractivity contribution >= 4 is 23.6 Å². The Kier molecular flexibility index (Phi) is 13.0. The first-order valence-corrected chi connectivity index (χ1v) is 15.2. The van der Waals surface area contributed by atoms with Gasteiger partial charge in [-0.15, -0.1) is 0 Å². The van der Waals surface area contributed by atoms with E-state index in [1.54, 1.807) is 30.9 Å². The molecular weight excluding hydrogens is 526 g/mol. The summed E-state index contributed by atoms with van der Waals surface area (Å²) in [5, 5.41) is 6.28. The molecule has 11 nitrogen and oxygen atoms in total. The van der Waals surface area contributed by atoms with Crippen LogP contribution in [0.15, 0.2) is 0 Å². The molecule has 0 unspecified atom stereocenters.